The van der Waals surface area contributed by atoms with Crippen molar-refractivity contribution >= 4 is 29.2 Å². The Bertz CT molecular complexity index is 672. The fourth-order valence-corrected chi connectivity index (χ4v) is 1.77. The smallest absolute Gasteiger partial charge is 0.349 e. The molecule has 0 unspecified atom stereocenters. The first-order chi connectivity index (χ1) is 9.95. The molecule has 2 N–H and O–H groups in total. The summed E-state index contributed by atoms with van der Waals surface area (Å²) < 4.78 is 10.2. The fraction of sp³-hybridized carbons (Fsp3) is 0.0714. The van der Waals surface area contributed by atoms with E-state index < -0.39 is 5.97 Å². The summed E-state index contributed by atoms with van der Waals surface area (Å²) >= 11 is 11.4. The number of esters is 1. The van der Waals surface area contributed by atoms with Crippen molar-refractivity contribution < 1.29 is 24.5 Å². The van der Waals surface area contributed by atoms with E-state index in [0.29, 0.717) is 5.75 Å². The van der Waals surface area contributed by atoms with Crippen molar-refractivity contribution in [2.45, 2.75) is 0 Å². The first-order valence-electron chi connectivity index (χ1n) is 5.76. The Morgan fingerprint density at radius 1 is 0.952 bits per heavy atom. The van der Waals surface area contributed by atoms with E-state index in [9.17, 15) is 15.0 Å². The van der Waals surface area contributed by atoms with Gasteiger partial charge in [-0.1, -0.05) is 23.2 Å². The summed E-state index contributed by atoms with van der Waals surface area (Å²) in [7, 11) is 0. The molecule has 2 rings (SSSR count). The number of phenolic OH excluding ortho intramolecular Hbond substituents is 2. The SMILES string of the molecule is O=C(COc1ccc(O)c(Cl)c1)Oc1ccc(O)c(Cl)c1. The first kappa shape index (κ1) is 15.3. The summed E-state index contributed by atoms with van der Waals surface area (Å²) in [6.45, 7) is -0.348. The maximum atomic E-state index is 11.6. The number of carbonyl (C=O) groups excluding carboxylic acids is 1. The van der Waals surface area contributed by atoms with Crippen LogP contribution in [0.3, 0.4) is 0 Å². The van der Waals surface area contributed by atoms with Crippen molar-refractivity contribution in [3.05, 3.63) is 46.4 Å². The molecule has 2 aromatic carbocycles. The Labute approximate surface area is 130 Å². The van der Waals surface area contributed by atoms with Crippen LogP contribution in [0.15, 0.2) is 36.4 Å². The third-order valence-corrected chi connectivity index (χ3v) is 3.03. The van der Waals surface area contributed by atoms with E-state index in [2.05, 4.69) is 0 Å². The van der Waals surface area contributed by atoms with E-state index in [4.69, 9.17) is 32.7 Å². The predicted molar refractivity (Wildman–Crippen MR) is 77.4 cm³/mol. The highest BCUT2D eigenvalue weighted by Crippen LogP contribution is 2.28. The van der Waals surface area contributed by atoms with Crippen molar-refractivity contribution in [3.63, 3.8) is 0 Å². The van der Waals surface area contributed by atoms with Gasteiger partial charge in [-0.15, -0.1) is 0 Å². The number of aromatic hydroxyl groups is 2. The number of benzene rings is 2. The Kier molecular flexibility index (Phi) is 4.77. The Hall–Kier alpha value is -2.11. The molecule has 21 heavy (non-hydrogen) atoms. The van der Waals surface area contributed by atoms with Crippen LogP contribution in [0.25, 0.3) is 0 Å². The molecular formula is C14H10Cl2O5. The molecule has 0 bridgehead atoms. The van der Waals surface area contributed by atoms with E-state index in [-0.39, 0.29) is 33.9 Å². The average Bonchev–Trinajstić information content (AvgIpc) is 2.44. The van der Waals surface area contributed by atoms with Gasteiger partial charge in [-0.25, -0.2) is 4.79 Å². The number of hydrogen-bond donors (Lipinski definition) is 2. The third kappa shape index (κ3) is 4.18. The van der Waals surface area contributed by atoms with Crippen LogP contribution in [0.2, 0.25) is 10.0 Å². The predicted octanol–water partition coefficient (Wildman–Crippen LogP) is 3.39. The first-order valence-corrected chi connectivity index (χ1v) is 6.52. The molecule has 0 fully saturated rings. The minimum absolute atomic E-state index is 0.0755. The topological polar surface area (TPSA) is 76.0 Å². The quantitative estimate of drug-likeness (QED) is 0.664. The molecule has 0 amide bonds. The van der Waals surface area contributed by atoms with Crippen LogP contribution in [0, 0.1) is 0 Å². The molecule has 2 aromatic rings. The summed E-state index contributed by atoms with van der Waals surface area (Å²) in [5.74, 6) is -0.327. The van der Waals surface area contributed by atoms with E-state index >= 15 is 0 Å². The molecule has 5 nitrogen and oxygen atoms in total. The molecule has 7 heteroatoms. The molecule has 0 radical (unpaired) electrons. The zero-order valence-electron chi connectivity index (χ0n) is 10.5. The van der Waals surface area contributed by atoms with Gasteiger partial charge < -0.3 is 19.7 Å². The van der Waals surface area contributed by atoms with E-state index in [0.717, 1.165) is 0 Å². The van der Waals surface area contributed by atoms with Gasteiger partial charge in [0, 0.05) is 12.1 Å². The van der Waals surface area contributed by atoms with Gasteiger partial charge in [0.25, 0.3) is 0 Å². The van der Waals surface area contributed by atoms with E-state index in [1.165, 1.54) is 36.4 Å². The Morgan fingerprint density at radius 3 is 2.05 bits per heavy atom. The van der Waals surface area contributed by atoms with Crippen LogP contribution < -0.4 is 9.47 Å². The van der Waals surface area contributed by atoms with Crippen LogP contribution >= 0.6 is 23.2 Å². The molecule has 0 heterocycles. The van der Waals surface area contributed by atoms with Crippen LogP contribution in [-0.4, -0.2) is 22.8 Å². The number of hydrogen-bond acceptors (Lipinski definition) is 5. The van der Waals surface area contributed by atoms with Gasteiger partial charge in [0.2, 0.25) is 0 Å². The average molecular weight is 329 g/mol. The molecule has 0 saturated carbocycles. The molecule has 0 aliphatic carbocycles. The van der Waals surface area contributed by atoms with Gasteiger partial charge in [0.05, 0.1) is 10.0 Å². The van der Waals surface area contributed by atoms with Crippen LogP contribution in [-0.2, 0) is 4.79 Å². The molecule has 0 aromatic heterocycles. The molecule has 0 atom stereocenters. The summed E-state index contributed by atoms with van der Waals surface area (Å²) in [4.78, 5) is 11.6. The molecule has 0 aliphatic heterocycles. The van der Waals surface area contributed by atoms with Gasteiger partial charge in [-0.3, -0.25) is 0 Å². The second-order valence-electron chi connectivity index (χ2n) is 3.99. The normalized spacial score (nSPS) is 10.2. The molecular weight excluding hydrogens is 319 g/mol. The minimum Gasteiger partial charge on any atom is -0.506 e. The molecule has 0 saturated heterocycles. The lowest BCUT2D eigenvalue weighted by Gasteiger charge is -2.08. The largest absolute Gasteiger partial charge is 0.506 e. The third-order valence-electron chi connectivity index (χ3n) is 2.43. The summed E-state index contributed by atoms with van der Waals surface area (Å²) in [5, 5.41) is 18.7. The van der Waals surface area contributed by atoms with Gasteiger partial charge in [0.1, 0.15) is 23.0 Å². The second kappa shape index (κ2) is 6.56. The van der Waals surface area contributed by atoms with Crippen molar-refractivity contribution in [3.8, 4) is 23.0 Å². The number of rotatable bonds is 4. The van der Waals surface area contributed by atoms with Crippen molar-refractivity contribution in [1.82, 2.24) is 0 Å². The van der Waals surface area contributed by atoms with Crippen molar-refractivity contribution in [2.24, 2.45) is 0 Å². The van der Waals surface area contributed by atoms with E-state index in [1.807, 2.05) is 0 Å². The maximum absolute atomic E-state index is 11.6. The van der Waals surface area contributed by atoms with E-state index in [1.54, 1.807) is 0 Å². The number of ether oxygens (including phenoxy) is 2. The highest BCUT2D eigenvalue weighted by molar-refractivity contribution is 6.32. The number of halogens is 2. The molecule has 0 aliphatic rings. The number of phenols is 2. The van der Waals surface area contributed by atoms with Gasteiger partial charge in [0.15, 0.2) is 6.61 Å². The summed E-state index contributed by atoms with van der Waals surface area (Å²) in [6.07, 6.45) is 0. The van der Waals surface area contributed by atoms with Crippen LogP contribution in [0.5, 0.6) is 23.0 Å². The molecule has 110 valence electrons. The van der Waals surface area contributed by atoms with Crippen molar-refractivity contribution in [1.29, 1.82) is 0 Å². The summed E-state index contributed by atoms with van der Waals surface area (Å²) in [6, 6.07) is 8.21. The van der Waals surface area contributed by atoms with Gasteiger partial charge >= 0.3 is 5.97 Å². The fourth-order valence-electron chi connectivity index (χ4n) is 1.43. The minimum atomic E-state index is -0.652. The zero-order valence-corrected chi connectivity index (χ0v) is 12.1. The van der Waals surface area contributed by atoms with Crippen LogP contribution in [0.1, 0.15) is 0 Å². The van der Waals surface area contributed by atoms with Crippen molar-refractivity contribution in [2.75, 3.05) is 6.61 Å². The lowest BCUT2D eigenvalue weighted by Crippen LogP contribution is -2.17. The Morgan fingerprint density at radius 2 is 1.48 bits per heavy atom. The Balaban J connectivity index is 1.92. The lowest BCUT2D eigenvalue weighted by molar-refractivity contribution is -0.136. The molecule has 0 spiro atoms. The second-order valence-corrected chi connectivity index (χ2v) is 4.80. The lowest BCUT2D eigenvalue weighted by atomic mass is 10.3. The highest BCUT2D eigenvalue weighted by atomic mass is 35.5. The summed E-state index contributed by atoms with van der Waals surface area (Å²) in [5.41, 5.74) is 0. The maximum Gasteiger partial charge on any atom is 0.349 e. The standard InChI is InChI=1S/C14H10Cl2O5/c15-10-5-8(1-3-12(10)17)20-7-14(19)21-9-2-4-13(18)11(16)6-9/h1-6,17-18H,7H2. The zero-order chi connectivity index (χ0) is 15.4. The highest BCUT2D eigenvalue weighted by Gasteiger charge is 2.09. The monoisotopic (exact) mass is 328 g/mol. The van der Waals surface area contributed by atoms with Crippen LogP contribution in [0.4, 0.5) is 0 Å². The van der Waals surface area contributed by atoms with Gasteiger partial charge in [-0.05, 0) is 24.3 Å². The van der Waals surface area contributed by atoms with Gasteiger partial charge in [-0.2, -0.15) is 0 Å². The number of carbonyl (C=O) groups is 1.